The van der Waals surface area contributed by atoms with Crippen LogP contribution in [0.1, 0.15) is 13.3 Å². The highest BCUT2D eigenvalue weighted by atomic mass is 16.5. The lowest BCUT2D eigenvalue weighted by atomic mass is 10.1. The summed E-state index contributed by atoms with van der Waals surface area (Å²) in [6.07, 6.45) is 0.175. The second kappa shape index (κ2) is 3.30. The van der Waals surface area contributed by atoms with Gasteiger partial charge in [0.1, 0.15) is 6.23 Å². The molecule has 0 spiro atoms. The fraction of sp³-hybridized carbons (Fsp3) is 1.00. The van der Waals surface area contributed by atoms with E-state index in [1.807, 2.05) is 6.92 Å². The average Bonchev–Trinajstić information content (AvgIpc) is 1.88. The number of nitrogens with one attached hydrogen (secondary N) is 1. The second-order valence-electron chi connectivity index (χ2n) is 2.54. The van der Waals surface area contributed by atoms with Gasteiger partial charge in [0.25, 0.3) is 0 Å². The summed E-state index contributed by atoms with van der Waals surface area (Å²) in [6, 6.07) is -0.145. The van der Waals surface area contributed by atoms with Crippen molar-refractivity contribution in [1.82, 2.24) is 10.4 Å². The molecule has 1 heterocycles. The van der Waals surface area contributed by atoms with Gasteiger partial charge in [-0.25, -0.2) is 0 Å². The molecular formula is C6H14N2O2. The van der Waals surface area contributed by atoms with E-state index in [0.29, 0.717) is 13.1 Å². The Morgan fingerprint density at radius 2 is 2.40 bits per heavy atom. The maximum absolute atomic E-state index is 9.23. The van der Waals surface area contributed by atoms with E-state index in [4.69, 9.17) is 0 Å². The van der Waals surface area contributed by atoms with E-state index >= 15 is 0 Å². The van der Waals surface area contributed by atoms with E-state index in [1.54, 1.807) is 0 Å². The molecule has 0 aromatic carbocycles. The molecule has 0 saturated carbocycles. The quantitative estimate of drug-likeness (QED) is 0.461. The molecule has 0 aliphatic carbocycles. The van der Waals surface area contributed by atoms with Crippen LogP contribution in [0.5, 0.6) is 0 Å². The minimum atomic E-state index is -0.580. The van der Waals surface area contributed by atoms with E-state index in [2.05, 4.69) is 5.32 Å². The SMILES string of the molecule is CCC1C(O)NCCN1O. The summed E-state index contributed by atoms with van der Waals surface area (Å²) in [7, 11) is 0. The summed E-state index contributed by atoms with van der Waals surface area (Å²) in [4.78, 5) is 0. The molecule has 10 heavy (non-hydrogen) atoms. The third-order valence-electron chi connectivity index (χ3n) is 1.86. The van der Waals surface area contributed by atoms with Gasteiger partial charge in [-0.05, 0) is 6.42 Å². The van der Waals surface area contributed by atoms with Gasteiger partial charge < -0.3 is 10.3 Å². The number of aliphatic hydroxyl groups is 1. The maximum atomic E-state index is 9.23. The molecule has 2 unspecified atom stereocenters. The Morgan fingerprint density at radius 3 is 2.80 bits per heavy atom. The molecule has 1 saturated heterocycles. The van der Waals surface area contributed by atoms with E-state index in [1.165, 1.54) is 5.06 Å². The standard InChI is InChI=1S/C6H14N2O2/c1-2-5-6(9)7-3-4-8(5)10/h5-7,9-10H,2-4H2,1H3. The zero-order valence-corrected chi connectivity index (χ0v) is 6.12. The first kappa shape index (κ1) is 7.94. The normalized spacial score (nSPS) is 36.3. The van der Waals surface area contributed by atoms with Gasteiger partial charge >= 0.3 is 0 Å². The van der Waals surface area contributed by atoms with Gasteiger partial charge in [-0.15, -0.1) is 0 Å². The van der Waals surface area contributed by atoms with Crippen molar-refractivity contribution in [3.63, 3.8) is 0 Å². The first-order chi connectivity index (χ1) is 4.75. The summed E-state index contributed by atoms with van der Waals surface area (Å²) in [6.45, 7) is 3.17. The van der Waals surface area contributed by atoms with Crippen molar-refractivity contribution >= 4 is 0 Å². The lowest BCUT2D eigenvalue weighted by Crippen LogP contribution is -2.56. The highest BCUT2D eigenvalue weighted by molar-refractivity contribution is 4.76. The highest BCUT2D eigenvalue weighted by Crippen LogP contribution is 2.07. The molecule has 0 bridgehead atoms. The van der Waals surface area contributed by atoms with Gasteiger partial charge in [-0.3, -0.25) is 5.32 Å². The molecule has 4 nitrogen and oxygen atoms in total. The van der Waals surface area contributed by atoms with Gasteiger partial charge in [0, 0.05) is 13.1 Å². The Morgan fingerprint density at radius 1 is 1.70 bits per heavy atom. The van der Waals surface area contributed by atoms with Crippen molar-refractivity contribution in [3.8, 4) is 0 Å². The van der Waals surface area contributed by atoms with Crippen LogP contribution >= 0.6 is 0 Å². The van der Waals surface area contributed by atoms with E-state index in [0.717, 1.165) is 6.42 Å². The third-order valence-corrected chi connectivity index (χ3v) is 1.86. The Bertz CT molecular complexity index is 99.9. The monoisotopic (exact) mass is 146 g/mol. The van der Waals surface area contributed by atoms with Gasteiger partial charge in [0.2, 0.25) is 0 Å². The Hall–Kier alpha value is -0.160. The van der Waals surface area contributed by atoms with Crippen molar-refractivity contribution in [1.29, 1.82) is 0 Å². The Balaban J connectivity index is 2.45. The fourth-order valence-electron chi connectivity index (χ4n) is 1.23. The largest absolute Gasteiger partial charge is 0.377 e. The van der Waals surface area contributed by atoms with Crippen molar-refractivity contribution in [2.75, 3.05) is 13.1 Å². The Labute approximate surface area is 60.4 Å². The topological polar surface area (TPSA) is 55.7 Å². The second-order valence-corrected chi connectivity index (χ2v) is 2.54. The first-order valence-corrected chi connectivity index (χ1v) is 3.62. The van der Waals surface area contributed by atoms with Crippen molar-refractivity contribution in [3.05, 3.63) is 0 Å². The highest BCUT2D eigenvalue weighted by Gasteiger charge is 2.26. The molecule has 1 aliphatic rings. The minimum Gasteiger partial charge on any atom is -0.377 e. The van der Waals surface area contributed by atoms with Gasteiger partial charge in [0.05, 0.1) is 6.04 Å². The Kier molecular flexibility index (Phi) is 2.62. The van der Waals surface area contributed by atoms with E-state index in [9.17, 15) is 10.3 Å². The van der Waals surface area contributed by atoms with E-state index < -0.39 is 6.23 Å². The van der Waals surface area contributed by atoms with Gasteiger partial charge in [-0.1, -0.05) is 6.92 Å². The molecule has 0 aromatic heterocycles. The lowest BCUT2D eigenvalue weighted by Gasteiger charge is -2.34. The van der Waals surface area contributed by atoms with Crippen molar-refractivity contribution < 1.29 is 10.3 Å². The molecule has 0 radical (unpaired) electrons. The number of rotatable bonds is 1. The molecule has 1 rings (SSSR count). The smallest absolute Gasteiger partial charge is 0.122 e. The predicted octanol–water partition coefficient (Wildman–Crippen LogP) is -0.622. The summed E-state index contributed by atoms with van der Waals surface area (Å²) in [5, 5.41) is 22.5. The van der Waals surface area contributed by atoms with Crippen LogP contribution in [-0.4, -0.2) is 40.7 Å². The summed E-state index contributed by atoms with van der Waals surface area (Å²) in [5.41, 5.74) is 0. The number of aliphatic hydroxyl groups excluding tert-OH is 1. The van der Waals surface area contributed by atoms with Crippen molar-refractivity contribution in [2.24, 2.45) is 0 Å². The number of hydrogen-bond donors (Lipinski definition) is 3. The number of hydroxylamine groups is 2. The predicted molar refractivity (Wildman–Crippen MR) is 36.6 cm³/mol. The molecule has 0 aromatic rings. The van der Waals surface area contributed by atoms with Crippen LogP contribution in [0.3, 0.4) is 0 Å². The summed E-state index contributed by atoms with van der Waals surface area (Å²) < 4.78 is 0. The lowest BCUT2D eigenvalue weighted by molar-refractivity contribution is -0.178. The van der Waals surface area contributed by atoms with E-state index in [-0.39, 0.29) is 6.04 Å². The van der Waals surface area contributed by atoms with Crippen molar-refractivity contribution in [2.45, 2.75) is 25.6 Å². The van der Waals surface area contributed by atoms with Gasteiger partial charge in [0.15, 0.2) is 0 Å². The number of piperazine rings is 1. The van der Waals surface area contributed by atoms with Crippen LogP contribution in [0, 0.1) is 0 Å². The summed E-state index contributed by atoms with van der Waals surface area (Å²) in [5.74, 6) is 0. The average molecular weight is 146 g/mol. The molecule has 1 fully saturated rings. The molecule has 60 valence electrons. The molecule has 2 atom stereocenters. The molecular weight excluding hydrogens is 132 g/mol. The fourth-order valence-corrected chi connectivity index (χ4v) is 1.23. The van der Waals surface area contributed by atoms with Crippen LogP contribution in [0.25, 0.3) is 0 Å². The third kappa shape index (κ3) is 1.46. The summed E-state index contributed by atoms with van der Waals surface area (Å²) >= 11 is 0. The first-order valence-electron chi connectivity index (χ1n) is 3.62. The number of nitrogens with zero attached hydrogens (tertiary/aromatic N) is 1. The molecule has 1 aliphatic heterocycles. The zero-order valence-electron chi connectivity index (χ0n) is 6.12. The van der Waals surface area contributed by atoms with Crippen LogP contribution in [0.4, 0.5) is 0 Å². The van der Waals surface area contributed by atoms with Crippen LogP contribution in [0.2, 0.25) is 0 Å². The number of hydrogen-bond acceptors (Lipinski definition) is 4. The van der Waals surface area contributed by atoms with Crippen LogP contribution in [-0.2, 0) is 0 Å². The van der Waals surface area contributed by atoms with Crippen LogP contribution < -0.4 is 5.32 Å². The maximum Gasteiger partial charge on any atom is 0.122 e. The minimum absolute atomic E-state index is 0.145. The van der Waals surface area contributed by atoms with Crippen LogP contribution in [0.15, 0.2) is 0 Å². The van der Waals surface area contributed by atoms with Gasteiger partial charge in [-0.2, -0.15) is 5.06 Å². The molecule has 3 N–H and O–H groups in total. The molecule has 4 heteroatoms. The zero-order chi connectivity index (χ0) is 7.56. The molecule has 0 amide bonds.